The van der Waals surface area contributed by atoms with E-state index in [2.05, 4.69) is 16.9 Å². The Labute approximate surface area is 230 Å². The van der Waals surface area contributed by atoms with Crippen LogP contribution in [0.15, 0.2) is 106 Å². The highest BCUT2D eigenvalue weighted by Gasteiger charge is 2.20. The van der Waals surface area contributed by atoms with Crippen LogP contribution < -0.4 is 15.8 Å². The van der Waals surface area contributed by atoms with Crippen LogP contribution in [0.5, 0.6) is 5.75 Å². The summed E-state index contributed by atoms with van der Waals surface area (Å²) in [4.78, 5) is 21.6. The van der Waals surface area contributed by atoms with Crippen molar-refractivity contribution in [2.75, 3.05) is 19.5 Å². The Kier molecular flexibility index (Phi) is 8.65. The van der Waals surface area contributed by atoms with Crippen LogP contribution >= 0.6 is 11.6 Å². The highest BCUT2D eigenvalue weighted by molar-refractivity contribution is 6.32. The fourth-order valence-corrected chi connectivity index (χ4v) is 3.90. The van der Waals surface area contributed by atoms with Gasteiger partial charge >= 0.3 is 5.91 Å². The van der Waals surface area contributed by atoms with Crippen LogP contribution in [0, 0.1) is 5.82 Å². The monoisotopic (exact) mass is 548 g/mol. The minimum absolute atomic E-state index is 0.125. The molecule has 1 amide bonds. The first-order valence-electron chi connectivity index (χ1n) is 11.7. The molecule has 3 aromatic rings. The van der Waals surface area contributed by atoms with Gasteiger partial charge in [-0.05, 0) is 66.3 Å². The van der Waals surface area contributed by atoms with E-state index in [1.807, 2.05) is 0 Å². The van der Waals surface area contributed by atoms with Gasteiger partial charge in [-0.2, -0.15) is 0 Å². The second kappa shape index (κ2) is 12.3. The zero-order valence-electron chi connectivity index (χ0n) is 21.3. The molecule has 0 saturated heterocycles. The molecule has 0 atom stereocenters. The lowest BCUT2D eigenvalue weighted by Gasteiger charge is -2.16. The van der Waals surface area contributed by atoms with Gasteiger partial charge in [-0.15, -0.1) is 0 Å². The molecule has 10 heteroatoms. The third-order valence-electron chi connectivity index (χ3n) is 5.67. The van der Waals surface area contributed by atoms with E-state index >= 15 is 0 Å². The van der Waals surface area contributed by atoms with Gasteiger partial charge in [0, 0.05) is 30.1 Å². The minimum atomic E-state index is -0.421. The zero-order chi connectivity index (χ0) is 27.9. The van der Waals surface area contributed by atoms with Crippen molar-refractivity contribution < 1.29 is 23.2 Å². The van der Waals surface area contributed by atoms with Crippen molar-refractivity contribution in [2.45, 2.75) is 6.61 Å². The summed E-state index contributed by atoms with van der Waals surface area (Å²) in [6.45, 7) is 3.84. The standard InChI is InChI=1S/C29H26ClFN4O4/c1-4-33-24-10-8-19(25-12-13-27(39-25)29(36)35(2)37-3)15-22(24)28(32)34-21-9-11-26(23(30)16-21)38-17-18-6-5-7-20(31)14-18/h4-16,34H,1,17,32H2,2-3H3/b28-22+,33-24-. The molecule has 200 valence electrons. The number of anilines is 1. The maximum Gasteiger partial charge on any atom is 0.312 e. The van der Waals surface area contributed by atoms with E-state index in [1.54, 1.807) is 60.7 Å². The number of nitrogens with two attached hydrogens (primary N) is 1. The van der Waals surface area contributed by atoms with Gasteiger partial charge in [0.05, 0.1) is 17.8 Å². The van der Waals surface area contributed by atoms with Crippen molar-refractivity contribution in [1.29, 1.82) is 0 Å². The number of carbonyl (C=O) groups excluding carboxylic acids is 1. The third-order valence-corrected chi connectivity index (χ3v) is 5.97. The molecule has 1 aliphatic carbocycles. The van der Waals surface area contributed by atoms with Crippen LogP contribution in [0.4, 0.5) is 10.1 Å². The maximum absolute atomic E-state index is 13.4. The molecule has 39 heavy (non-hydrogen) atoms. The lowest BCUT2D eigenvalue weighted by atomic mass is 9.98. The summed E-state index contributed by atoms with van der Waals surface area (Å²) >= 11 is 6.43. The number of amides is 1. The summed E-state index contributed by atoms with van der Waals surface area (Å²) in [5.74, 6) is 0.569. The van der Waals surface area contributed by atoms with Gasteiger partial charge in [-0.3, -0.25) is 14.6 Å². The van der Waals surface area contributed by atoms with Crippen molar-refractivity contribution in [3.05, 3.63) is 125 Å². The normalized spacial score (nSPS) is 15.1. The van der Waals surface area contributed by atoms with Crippen LogP contribution in [0.25, 0.3) is 5.57 Å². The average Bonchev–Trinajstić information content (AvgIpc) is 3.42. The Balaban J connectivity index is 1.55. The lowest BCUT2D eigenvalue weighted by Crippen LogP contribution is -2.24. The number of carbonyl (C=O) groups is 1. The summed E-state index contributed by atoms with van der Waals surface area (Å²) in [5, 5.41) is 4.55. The predicted molar refractivity (Wildman–Crippen MR) is 150 cm³/mol. The van der Waals surface area contributed by atoms with Crippen LogP contribution in [0.2, 0.25) is 5.02 Å². The number of aliphatic imine (C=N–C) groups is 1. The molecule has 0 saturated carbocycles. The van der Waals surface area contributed by atoms with E-state index in [4.69, 9.17) is 31.3 Å². The summed E-state index contributed by atoms with van der Waals surface area (Å²) in [5.41, 5.74) is 9.57. The number of hydrogen-bond donors (Lipinski definition) is 2. The number of nitrogens with one attached hydrogen (secondary N) is 1. The van der Waals surface area contributed by atoms with Crippen LogP contribution in [0.1, 0.15) is 21.9 Å². The van der Waals surface area contributed by atoms with Crippen molar-refractivity contribution in [2.24, 2.45) is 10.7 Å². The Morgan fingerprint density at radius 2 is 2.05 bits per heavy atom. The molecule has 2 aromatic carbocycles. The van der Waals surface area contributed by atoms with E-state index in [0.29, 0.717) is 50.5 Å². The maximum atomic E-state index is 13.4. The number of halogens is 2. The Morgan fingerprint density at radius 1 is 1.23 bits per heavy atom. The minimum Gasteiger partial charge on any atom is -0.487 e. The lowest BCUT2D eigenvalue weighted by molar-refractivity contribution is -0.0773. The molecule has 1 aliphatic rings. The summed E-state index contributed by atoms with van der Waals surface area (Å²) < 4.78 is 24.9. The van der Waals surface area contributed by atoms with Crippen molar-refractivity contribution in [3.8, 4) is 5.75 Å². The van der Waals surface area contributed by atoms with E-state index in [-0.39, 0.29) is 18.2 Å². The molecule has 1 aromatic heterocycles. The van der Waals surface area contributed by atoms with Crippen molar-refractivity contribution >= 4 is 34.5 Å². The summed E-state index contributed by atoms with van der Waals surface area (Å²) in [7, 11) is 2.88. The highest BCUT2D eigenvalue weighted by atomic mass is 35.5. The van der Waals surface area contributed by atoms with Crippen LogP contribution in [0.3, 0.4) is 0 Å². The first-order chi connectivity index (χ1) is 18.8. The molecule has 1 heterocycles. The molecule has 8 nitrogen and oxygen atoms in total. The quantitative estimate of drug-likeness (QED) is 0.313. The first kappa shape index (κ1) is 27.4. The largest absolute Gasteiger partial charge is 0.487 e. The molecular formula is C29H26ClFN4O4. The van der Waals surface area contributed by atoms with E-state index in [0.717, 1.165) is 5.06 Å². The predicted octanol–water partition coefficient (Wildman–Crippen LogP) is 6.10. The van der Waals surface area contributed by atoms with Gasteiger partial charge in [0.1, 0.15) is 29.8 Å². The third kappa shape index (κ3) is 6.64. The summed E-state index contributed by atoms with van der Waals surface area (Å²) in [6, 6.07) is 14.5. The number of rotatable bonds is 9. The smallest absolute Gasteiger partial charge is 0.312 e. The van der Waals surface area contributed by atoms with Gasteiger partial charge in [-0.25, -0.2) is 9.45 Å². The molecule has 0 spiro atoms. The van der Waals surface area contributed by atoms with Gasteiger partial charge < -0.3 is 20.2 Å². The topological polar surface area (TPSA) is 102 Å². The fraction of sp³-hybridized carbons (Fsp3) is 0.103. The molecule has 4 rings (SSSR count). The number of hydroxylamine groups is 2. The molecule has 0 radical (unpaired) electrons. The number of furan rings is 1. The zero-order valence-corrected chi connectivity index (χ0v) is 22.0. The van der Waals surface area contributed by atoms with E-state index in [1.165, 1.54) is 32.5 Å². The second-order valence-electron chi connectivity index (χ2n) is 8.30. The van der Waals surface area contributed by atoms with Crippen LogP contribution in [-0.2, 0) is 11.4 Å². The molecule has 3 N–H and O–H groups in total. The Bertz CT molecular complexity index is 1520. The average molecular weight is 549 g/mol. The first-order valence-corrected chi connectivity index (χ1v) is 12.1. The second-order valence-corrected chi connectivity index (χ2v) is 8.70. The molecular weight excluding hydrogens is 523 g/mol. The van der Waals surface area contributed by atoms with E-state index < -0.39 is 5.91 Å². The number of allylic oxidation sites excluding steroid dienone is 5. The number of hydrogen-bond acceptors (Lipinski definition) is 7. The fourth-order valence-electron chi connectivity index (χ4n) is 3.67. The number of ether oxygens (including phenoxy) is 1. The number of benzene rings is 2. The SMILES string of the molecule is C=C/N=C1/C=CC(c2ccc(C(=O)N(C)OC)o2)=C/C1=C(/N)Nc1ccc(OCc2cccc(F)c2)c(Cl)c1. The van der Waals surface area contributed by atoms with Crippen molar-refractivity contribution in [1.82, 2.24) is 5.06 Å². The Hall–Kier alpha value is -4.60. The van der Waals surface area contributed by atoms with Gasteiger partial charge in [0.15, 0.2) is 5.76 Å². The number of nitrogens with zero attached hydrogens (tertiary/aromatic N) is 2. The van der Waals surface area contributed by atoms with Gasteiger partial charge in [-0.1, -0.05) is 30.3 Å². The molecule has 0 fully saturated rings. The van der Waals surface area contributed by atoms with E-state index in [9.17, 15) is 9.18 Å². The molecule has 0 unspecified atom stereocenters. The highest BCUT2D eigenvalue weighted by Crippen LogP contribution is 2.30. The molecule has 0 bridgehead atoms. The molecule has 0 aliphatic heterocycles. The van der Waals surface area contributed by atoms with Gasteiger partial charge in [0.25, 0.3) is 0 Å². The van der Waals surface area contributed by atoms with Gasteiger partial charge in [0.2, 0.25) is 0 Å². The Morgan fingerprint density at radius 3 is 2.77 bits per heavy atom. The summed E-state index contributed by atoms with van der Waals surface area (Å²) in [6.07, 6.45) is 6.77. The van der Waals surface area contributed by atoms with Crippen LogP contribution in [-0.4, -0.2) is 30.8 Å². The van der Waals surface area contributed by atoms with Crippen molar-refractivity contribution in [3.63, 3.8) is 0 Å².